The first kappa shape index (κ1) is 22.5. The maximum atomic E-state index is 13.1. The number of benzene rings is 2. The molecule has 1 fully saturated rings. The molecule has 1 aliphatic heterocycles. The summed E-state index contributed by atoms with van der Waals surface area (Å²) in [6, 6.07) is 11.9. The van der Waals surface area contributed by atoms with Gasteiger partial charge in [0.2, 0.25) is 15.9 Å². The van der Waals surface area contributed by atoms with Crippen molar-refractivity contribution in [3.8, 4) is 0 Å². The minimum Gasteiger partial charge on any atom is -0.462 e. The van der Waals surface area contributed by atoms with E-state index in [0.717, 1.165) is 10.9 Å². The van der Waals surface area contributed by atoms with Crippen LogP contribution < -0.4 is 5.32 Å². The van der Waals surface area contributed by atoms with Gasteiger partial charge in [-0.05, 0) is 68.3 Å². The number of esters is 1. The molecule has 1 amide bonds. The zero-order chi connectivity index (χ0) is 21.7. The van der Waals surface area contributed by atoms with Crippen LogP contribution in [0.2, 0.25) is 0 Å². The Morgan fingerprint density at radius 2 is 1.77 bits per heavy atom. The average molecular weight is 495 g/mol. The minimum absolute atomic E-state index is 0.157. The second kappa shape index (κ2) is 9.72. The first-order valence-electron chi connectivity index (χ1n) is 9.68. The van der Waals surface area contributed by atoms with E-state index in [-0.39, 0.29) is 24.0 Å². The highest BCUT2D eigenvalue weighted by molar-refractivity contribution is 9.10. The molecular weight excluding hydrogens is 472 g/mol. The van der Waals surface area contributed by atoms with Gasteiger partial charge in [-0.3, -0.25) is 4.79 Å². The van der Waals surface area contributed by atoms with Crippen LogP contribution in [0.4, 0.5) is 5.69 Å². The molecule has 160 valence electrons. The molecule has 0 radical (unpaired) electrons. The molecule has 1 heterocycles. The van der Waals surface area contributed by atoms with Gasteiger partial charge in [-0.2, -0.15) is 4.31 Å². The van der Waals surface area contributed by atoms with Gasteiger partial charge in [0.15, 0.2) is 0 Å². The van der Waals surface area contributed by atoms with Gasteiger partial charge in [0.05, 0.1) is 17.1 Å². The molecule has 0 saturated carbocycles. The van der Waals surface area contributed by atoms with Crippen molar-refractivity contribution in [3.05, 3.63) is 58.6 Å². The van der Waals surface area contributed by atoms with E-state index in [1.165, 1.54) is 16.4 Å². The first-order valence-corrected chi connectivity index (χ1v) is 11.9. The maximum Gasteiger partial charge on any atom is 0.338 e. The third-order valence-electron chi connectivity index (χ3n) is 4.84. The lowest BCUT2D eigenvalue weighted by Crippen LogP contribution is -2.49. The van der Waals surface area contributed by atoms with Crippen molar-refractivity contribution in [2.45, 2.75) is 37.1 Å². The number of carbonyl (C=O) groups is 2. The summed E-state index contributed by atoms with van der Waals surface area (Å²) >= 11 is 3.30. The van der Waals surface area contributed by atoms with Crippen LogP contribution in [0.3, 0.4) is 0 Å². The highest BCUT2D eigenvalue weighted by Gasteiger charge is 2.37. The SMILES string of the molecule is CCOC(=O)c1ccc(NC(=O)C2CCCCN2S(=O)(=O)c2ccc(Br)cc2)cc1. The van der Waals surface area contributed by atoms with Crippen LogP contribution in [0, 0.1) is 0 Å². The van der Waals surface area contributed by atoms with E-state index >= 15 is 0 Å². The molecule has 1 unspecified atom stereocenters. The van der Waals surface area contributed by atoms with Crippen molar-refractivity contribution >= 4 is 43.5 Å². The summed E-state index contributed by atoms with van der Waals surface area (Å²) in [6.45, 7) is 2.30. The van der Waals surface area contributed by atoms with Crippen LogP contribution in [0.5, 0.6) is 0 Å². The third kappa shape index (κ3) is 5.08. The number of ether oxygens (including phenoxy) is 1. The van der Waals surface area contributed by atoms with Gasteiger partial charge in [0.25, 0.3) is 0 Å². The molecule has 2 aromatic carbocycles. The van der Waals surface area contributed by atoms with E-state index in [1.54, 1.807) is 43.3 Å². The maximum absolute atomic E-state index is 13.1. The van der Waals surface area contributed by atoms with E-state index in [9.17, 15) is 18.0 Å². The summed E-state index contributed by atoms with van der Waals surface area (Å²) in [7, 11) is -3.80. The minimum atomic E-state index is -3.80. The molecule has 2 aromatic rings. The highest BCUT2D eigenvalue weighted by atomic mass is 79.9. The Morgan fingerprint density at radius 3 is 2.40 bits per heavy atom. The molecule has 1 aliphatic rings. The number of anilines is 1. The Labute approximate surface area is 184 Å². The fourth-order valence-electron chi connectivity index (χ4n) is 3.33. The van der Waals surface area contributed by atoms with Gasteiger partial charge < -0.3 is 10.1 Å². The lowest BCUT2D eigenvalue weighted by Gasteiger charge is -2.33. The number of sulfonamides is 1. The van der Waals surface area contributed by atoms with E-state index in [2.05, 4.69) is 21.2 Å². The van der Waals surface area contributed by atoms with E-state index in [4.69, 9.17) is 4.74 Å². The number of hydrogen-bond donors (Lipinski definition) is 1. The molecule has 1 N–H and O–H groups in total. The normalized spacial score (nSPS) is 17.3. The number of rotatable bonds is 6. The Morgan fingerprint density at radius 1 is 1.10 bits per heavy atom. The highest BCUT2D eigenvalue weighted by Crippen LogP contribution is 2.27. The number of nitrogens with zero attached hydrogens (tertiary/aromatic N) is 1. The van der Waals surface area contributed by atoms with Crippen LogP contribution >= 0.6 is 15.9 Å². The molecule has 0 aliphatic carbocycles. The van der Waals surface area contributed by atoms with Crippen molar-refractivity contribution in [2.24, 2.45) is 0 Å². The molecule has 0 aromatic heterocycles. The van der Waals surface area contributed by atoms with Crippen LogP contribution in [-0.2, 0) is 19.6 Å². The Kier molecular flexibility index (Phi) is 7.27. The number of hydrogen-bond acceptors (Lipinski definition) is 5. The second-order valence-corrected chi connectivity index (χ2v) is 9.67. The molecule has 0 spiro atoms. The standard InChI is InChI=1S/C21H23BrN2O5S/c1-2-29-21(26)15-6-10-17(11-7-15)23-20(25)19-5-3-4-14-24(19)30(27,28)18-12-8-16(22)9-13-18/h6-13,19H,2-5,14H2,1H3,(H,23,25). The smallest absolute Gasteiger partial charge is 0.338 e. The molecule has 30 heavy (non-hydrogen) atoms. The summed E-state index contributed by atoms with van der Waals surface area (Å²) in [5.41, 5.74) is 0.867. The van der Waals surface area contributed by atoms with Gasteiger partial charge >= 0.3 is 5.97 Å². The van der Waals surface area contributed by atoms with Crippen molar-refractivity contribution < 1.29 is 22.7 Å². The summed E-state index contributed by atoms with van der Waals surface area (Å²) in [5.74, 6) is -0.825. The summed E-state index contributed by atoms with van der Waals surface area (Å²) in [5, 5.41) is 2.77. The van der Waals surface area contributed by atoms with Crippen LogP contribution in [0.1, 0.15) is 36.5 Å². The predicted octanol–water partition coefficient (Wildman–Crippen LogP) is 3.81. The Balaban J connectivity index is 1.76. The zero-order valence-corrected chi connectivity index (χ0v) is 18.9. The average Bonchev–Trinajstić information content (AvgIpc) is 2.74. The van der Waals surface area contributed by atoms with E-state index in [1.807, 2.05) is 0 Å². The van der Waals surface area contributed by atoms with Crippen LogP contribution in [-0.4, -0.2) is 43.8 Å². The number of piperidine rings is 1. The fraction of sp³-hybridized carbons (Fsp3) is 0.333. The van der Waals surface area contributed by atoms with Gasteiger partial charge in [-0.25, -0.2) is 13.2 Å². The van der Waals surface area contributed by atoms with Gasteiger partial charge in [-0.15, -0.1) is 0 Å². The van der Waals surface area contributed by atoms with E-state index in [0.29, 0.717) is 24.1 Å². The third-order valence-corrected chi connectivity index (χ3v) is 7.29. The monoisotopic (exact) mass is 494 g/mol. The van der Waals surface area contributed by atoms with Crippen molar-refractivity contribution in [3.63, 3.8) is 0 Å². The van der Waals surface area contributed by atoms with Crippen LogP contribution in [0.25, 0.3) is 0 Å². The molecule has 1 saturated heterocycles. The van der Waals surface area contributed by atoms with Gasteiger partial charge in [-0.1, -0.05) is 22.4 Å². The molecular formula is C21H23BrN2O5S. The number of halogens is 1. The molecule has 7 nitrogen and oxygen atoms in total. The van der Waals surface area contributed by atoms with Crippen molar-refractivity contribution in [1.29, 1.82) is 0 Å². The van der Waals surface area contributed by atoms with Gasteiger partial charge in [0.1, 0.15) is 6.04 Å². The number of nitrogens with one attached hydrogen (secondary N) is 1. The topological polar surface area (TPSA) is 92.8 Å². The Hall–Kier alpha value is -2.23. The second-order valence-electron chi connectivity index (χ2n) is 6.87. The largest absolute Gasteiger partial charge is 0.462 e. The molecule has 9 heteroatoms. The summed E-state index contributed by atoms with van der Waals surface area (Å²) < 4.78 is 33.3. The molecule has 0 bridgehead atoms. The first-order chi connectivity index (χ1) is 14.3. The van der Waals surface area contributed by atoms with Crippen molar-refractivity contribution in [1.82, 2.24) is 4.31 Å². The fourth-order valence-corrected chi connectivity index (χ4v) is 5.25. The lowest BCUT2D eigenvalue weighted by atomic mass is 10.0. The summed E-state index contributed by atoms with van der Waals surface area (Å²) in [6.07, 6.45) is 1.92. The van der Waals surface area contributed by atoms with Crippen molar-refractivity contribution in [2.75, 3.05) is 18.5 Å². The molecule has 3 rings (SSSR count). The number of amides is 1. The van der Waals surface area contributed by atoms with Crippen LogP contribution in [0.15, 0.2) is 57.9 Å². The molecule has 1 atom stereocenters. The van der Waals surface area contributed by atoms with Gasteiger partial charge in [0, 0.05) is 16.7 Å². The quantitative estimate of drug-likeness (QED) is 0.616. The summed E-state index contributed by atoms with van der Waals surface area (Å²) in [4.78, 5) is 24.8. The zero-order valence-electron chi connectivity index (χ0n) is 16.5. The Bertz CT molecular complexity index is 1010. The van der Waals surface area contributed by atoms with E-state index < -0.39 is 22.0 Å². The predicted molar refractivity (Wildman–Crippen MR) is 117 cm³/mol. The number of carbonyl (C=O) groups excluding carboxylic acids is 2. The lowest BCUT2D eigenvalue weighted by molar-refractivity contribution is -0.120.